The molecular weight excluding hydrogens is 454 g/mol. The molecule has 5 aliphatic rings. The Labute approximate surface area is 210 Å². The fourth-order valence-electron chi connectivity index (χ4n) is 6.44. The van der Waals surface area contributed by atoms with E-state index >= 15 is 0 Å². The lowest BCUT2D eigenvalue weighted by molar-refractivity contribution is -0.141. The number of H-pyrrole nitrogens is 1. The summed E-state index contributed by atoms with van der Waals surface area (Å²) < 4.78 is 5.83. The number of carbonyl (C=O) groups is 2. The van der Waals surface area contributed by atoms with Crippen molar-refractivity contribution in [1.82, 2.24) is 25.1 Å². The second-order valence-corrected chi connectivity index (χ2v) is 10.8. The van der Waals surface area contributed by atoms with E-state index in [9.17, 15) is 9.59 Å². The van der Waals surface area contributed by atoms with Crippen LogP contribution in [0.25, 0.3) is 22.2 Å². The summed E-state index contributed by atoms with van der Waals surface area (Å²) in [5.74, 6) is 0.464. The van der Waals surface area contributed by atoms with E-state index in [1.54, 1.807) is 0 Å². The second kappa shape index (κ2) is 8.42. The van der Waals surface area contributed by atoms with Gasteiger partial charge in [-0.3, -0.25) is 4.79 Å². The van der Waals surface area contributed by atoms with Gasteiger partial charge in [0.2, 0.25) is 0 Å². The molecule has 1 aliphatic carbocycles. The lowest BCUT2D eigenvalue weighted by Crippen LogP contribution is -2.59. The number of piperidine rings is 2. The number of aryl methyl sites for hydroxylation is 1. The number of nitrogens with zero attached hydrogens (tertiary/aromatic N) is 3. The third kappa shape index (κ3) is 3.54. The van der Waals surface area contributed by atoms with Crippen LogP contribution in [0.3, 0.4) is 0 Å². The molecule has 36 heavy (non-hydrogen) atoms. The van der Waals surface area contributed by atoms with Crippen LogP contribution in [-0.4, -0.2) is 71.0 Å². The number of fused-ring (bicyclic) bond motifs is 4. The summed E-state index contributed by atoms with van der Waals surface area (Å²) in [6.45, 7) is 6.69. The lowest BCUT2D eigenvalue weighted by Gasteiger charge is -2.47. The first-order valence-corrected chi connectivity index (χ1v) is 13.0. The van der Waals surface area contributed by atoms with Gasteiger partial charge in [-0.1, -0.05) is 6.07 Å². The standard InChI is InChI=1S/C28H31N5O3/c1-16-10-30-27-22(16)9-19(11-31-27)18-6-17-2-4-32(28(35)33-12-20-7-21(13-33)26(20)34)14-24(17)23(8-18)25-15-36-5-3-29-25/h6,8-11,20-21,25,29H,2-5,7,12-15H2,1H3,(H,30,31). The van der Waals surface area contributed by atoms with Crippen LogP contribution in [0.4, 0.5) is 4.79 Å². The third-order valence-electron chi connectivity index (χ3n) is 8.54. The number of hydrogen-bond acceptors (Lipinski definition) is 5. The maximum atomic E-state index is 13.4. The van der Waals surface area contributed by atoms with Gasteiger partial charge in [0.05, 0.1) is 19.3 Å². The van der Waals surface area contributed by atoms with Crippen molar-refractivity contribution < 1.29 is 14.3 Å². The number of carbonyl (C=O) groups excluding carboxylic acids is 2. The molecule has 8 nitrogen and oxygen atoms in total. The molecule has 1 aromatic carbocycles. The van der Waals surface area contributed by atoms with E-state index in [0.29, 0.717) is 45.2 Å². The minimum absolute atomic E-state index is 0.0566. The van der Waals surface area contributed by atoms with Crippen LogP contribution in [0.2, 0.25) is 0 Å². The summed E-state index contributed by atoms with van der Waals surface area (Å²) >= 11 is 0. The predicted molar refractivity (Wildman–Crippen MR) is 136 cm³/mol. The molecule has 8 heteroatoms. The predicted octanol–water partition coefficient (Wildman–Crippen LogP) is 3.20. The molecule has 2 bridgehead atoms. The summed E-state index contributed by atoms with van der Waals surface area (Å²) in [6, 6.07) is 6.92. The number of amides is 2. The molecule has 2 N–H and O–H groups in total. The van der Waals surface area contributed by atoms with E-state index in [-0.39, 0.29) is 23.9 Å². The maximum Gasteiger partial charge on any atom is 0.320 e. The number of aromatic amines is 1. The van der Waals surface area contributed by atoms with Crippen molar-refractivity contribution >= 4 is 22.8 Å². The average molecular weight is 486 g/mol. The minimum atomic E-state index is 0.0566. The van der Waals surface area contributed by atoms with E-state index in [1.807, 2.05) is 22.2 Å². The number of morpholine rings is 1. The van der Waals surface area contributed by atoms with E-state index in [4.69, 9.17) is 4.74 Å². The Bertz CT molecular complexity index is 1360. The maximum absolute atomic E-state index is 13.4. The zero-order chi connectivity index (χ0) is 24.4. The van der Waals surface area contributed by atoms with Gasteiger partial charge in [0.1, 0.15) is 11.4 Å². The molecule has 0 spiro atoms. The number of hydrogen-bond donors (Lipinski definition) is 2. The van der Waals surface area contributed by atoms with Gasteiger partial charge in [-0.05, 0) is 59.7 Å². The molecule has 0 radical (unpaired) electrons. The normalized spacial score (nSPS) is 25.6. The molecule has 6 heterocycles. The van der Waals surface area contributed by atoms with Crippen LogP contribution in [0.5, 0.6) is 0 Å². The number of pyridine rings is 1. The first kappa shape index (κ1) is 22.0. The summed E-state index contributed by atoms with van der Waals surface area (Å²) in [4.78, 5) is 37.2. The van der Waals surface area contributed by atoms with Gasteiger partial charge < -0.3 is 24.8 Å². The summed E-state index contributed by atoms with van der Waals surface area (Å²) in [7, 11) is 0. The summed E-state index contributed by atoms with van der Waals surface area (Å²) in [6.07, 6.45) is 5.70. The van der Waals surface area contributed by atoms with Crippen molar-refractivity contribution in [2.24, 2.45) is 11.8 Å². The van der Waals surface area contributed by atoms with Crippen molar-refractivity contribution in [3.05, 3.63) is 52.8 Å². The fourth-order valence-corrected chi connectivity index (χ4v) is 6.44. The molecule has 2 aromatic heterocycles. The highest BCUT2D eigenvalue weighted by Gasteiger charge is 2.47. The molecule has 3 unspecified atom stereocenters. The Balaban J connectivity index is 1.23. The molecule has 1 saturated carbocycles. The van der Waals surface area contributed by atoms with Gasteiger partial charge in [0, 0.05) is 67.9 Å². The smallest absolute Gasteiger partial charge is 0.320 e. The van der Waals surface area contributed by atoms with E-state index in [1.165, 1.54) is 22.3 Å². The van der Waals surface area contributed by atoms with Crippen LogP contribution in [-0.2, 0) is 22.5 Å². The number of Topliss-reactive ketones (excluding diaryl/α,β-unsaturated/α-hetero) is 1. The number of rotatable bonds is 2. The Morgan fingerprint density at radius 1 is 1.14 bits per heavy atom. The second-order valence-electron chi connectivity index (χ2n) is 10.8. The van der Waals surface area contributed by atoms with Crippen molar-refractivity contribution in [3.8, 4) is 11.1 Å². The molecular formula is C28H31N5O3. The van der Waals surface area contributed by atoms with Crippen molar-refractivity contribution in [3.63, 3.8) is 0 Å². The number of ether oxygens (including phenoxy) is 1. The highest BCUT2D eigenvalue weighted by atomic mass is 16.5. The lowest BCUT2D eigenvalue weighted by atomic mass is 9.70. The first-order valence-electron chi connectivity index (χ1n) is 13.0. The highest BCUT2D eigenvalue weighted by molar-refractivity contribution is 5.92. The Morgan fingerprint density at radius 3 is 2.78 bits per heavy atom. The number of ketones is 1. The molecule has 3 aromatic rings. The van der Waals surface area contributed by atoms with Crippen LogP contribution < -0.4 is 5.32 Å². The zero-order valence-electron chi connectivity index (χ0n) is 20.5. The van der Waals surface area contributed by atoms with Gasteiger partial charge in [0.25, 0.3) is 0 Å². The molecule has 8 rings (SSSR count). The molecule has 2 amide bonds. The Hall–Kier alpha value is -3.23. The molecule has 3 atom stereocenters. The summed E-state index contributed by atoms with van der Waals surface area (Å²) in [5.41, 5.74) is 8.08. The van der Waals surface area contributed by atoms with Crippen LogP contribution in [0.15, 0.2) is 30.6 Å². The monoisotopic (exact) mass is 485 g/mol. The van der Waals surface area contributed by atoms with Crippen molar-refractivity contribution in [1.29, 1.82) is 0 Å². The Kier molecular flexibility index (Phi) is 5.15. The van der Waals surface area contributed by atoms with E-state index < -0.39 is 0 Å². The number of urea groups is 1. The molecule has 4 aliphatic heterocycles. The van der Waals surface area contributed by atoms with Crippen LogP contribution >= 0.6 is 0 Å². The quantitative estimate of drug-likeness (QED) is 0.582. The van der Waals surface area contributed by atoms with E-state index in [0.717, 1.165) is 41.5 Å². The van der Waals surface area contributed by atoms with Gasteiger partial charge >= 0.3 is 6.03 Å². The van der Waals surface area contributed by atoms with Gasteiger partial charge in [-0.2, -0.15) is 0 Å². The van der Waals surface area contributed by atoms with Gasteiger partial charge in [-0.15, -0.1) is 0 Å². The third-order valence-corrected chi connectivity index (χ3v) is 8.54. The van der Waals surface area contributed by atoms with Crippen molar-refractivity contribution in [2.75, 3.05) is 39.4 Å². The zero-order valence-corrected chi connectivity index (χ0v) is 20.5. The topological polar surface area (TPSA) is 90.6 Å². The summed E-state index contributed by atoms with van der Waals surface area (Å²) in [5, 5.41) is 4.77. The van der Waals surface area contributed by atoms with Gasteiger partial charge in [0.15, 0.2) is 0 Å². The highest BCUT2D eigenvalue weighted by Crippen LogP contribution is 2.38. The number of nitrogens with one attached hydrogen (secondary N) is 2. The molecule has 186 valence electrons. The van der Waals surface area contributed by atoms with Crippen LogP contribution in [0, 0.1) is 18.8 Å². The fraction of sp³-hybridized carbons (Fsp3) is 0.464. The molecule has 3 saturated heterocycles. The minimum Gasteiger partial charge on any atom is -0.378 e. The number of benzene rings is 1. The van der Waals surface area contributed by atoms with Crippen LogP contribution in [0.1, 0.15) is 34.7 Å². The van der Waals surface area contributed by atoms with Crippen molar-refractivity contribution in [2.45, 2.75) is 32.4 Å². The van der Waals surface area contributed by atoms with Gasteiger partial charge in [-0.25, -0.2) is 9.78 Å². The molecule has 4 fully saturated rings. The SMILES string of the molecule is Cc1c[nH]c2ncc(-c3cc4c(c(C5COCCN5)c3)CN(C(=O)N3CC5CC(C3)C5=O)CC4)cc12. The largest absolute Gasteiger partial charge is 0.378 e. The van der Waals surface area contributed by atoms with E-state index in [2.05, 4.69) is 40.4 Å². The number of aromatic nitrogens is 2. The average Bonchev–Trinajstić information content (AvgIpc) is 3.31. The Morgan fingerprint density at radius 2 is 2.00 bits per heavy atom. The first-order chi connectivity index (χ1) is 17.5.